The van der Waals surface area contributed by atoms with Crippen molar-refractivity contribution < 1.29 is 8.42 Å². The summed E-state index contributed by atoms with van der Waals surface area (Å²) in [4.78, 5) is 9.08. The van der Waals surface area contributed by atoms with E-state index in [0.29, 0.717) is 6.04 Å². The molecule has 1 unspecified atom stereocenters. The quantitative estimate of drug-likeness (QED) is 0.902. The monoisotopic (exact) mass is 330 g/mol. The topological polar surface area (TPSA) is 79.5 Å². The summed E-state index contributed by atoms with van der Waals surface area (Å²) < 4.78 is 22.9. The van der Waals surface area contributed by atoms with E-state index in [1.54, 1.807) is 0 Å². The first-order chi connectivity index (χ1) is 10.0. The van der Waals surface area contributed by atoms with E-state index in [1.807, 2.05) is 0 Å². The Labute approximate surface area is 130 Å². The molecule has 2 aliphatic rings. The highest BCUT2D eigenvalue weighted by molar-refractivity contribution is 7.91. The summed E-state index contributed by atoms with van der Waals surface area (Å²) in [5.41, 5.74) is 0. The molecule has 2 N–H and O–H groups in total. The van der Waals surface area contributed by atoms with Gasteiger partial charge in [-0.05, 0) is 38.8 Å². The number of hydrogen-bond acceptors (Lipinski definition) is 6. The SMILES string of the molecule is NS(=O)(=O)c1cnc(N2CCCCC(N3CCCC3)C2)s1. The van der Waals surface area contributed by atoms with Crippen molar-refractivity contribution in [3.8, 4) is 0 Å². The van der Waals surface area contributed by atoms with Crippen molar-refractivity contribution in [3.05, 3.63) is 6.20 Å². The average Bonchev–Trinajstić information content (AvgIpc) is 3.06. The molecule has 6 nitrogen and oxygen atoms in total. The van der Waals surface area contributed by atoms with Crippen molar-refractivity contribution in [3.63, 3.8) is 0 Å². The van der Waals surface area contributed by atoms with Gasteiger partial charge in [0.1, 0.15) is 0 Å². The Morgan fingerprint density at radius 2 is 1.90 bits per heavy atom. The van der Waals surface area contributed by atoms with Gasteiger partial charge in [-0.1, -0.05) is 17.8 Å². The second-order valence-electron chi connectivity index (χ2n) is 5.85. The number of hydrogen-bond donors (Lipinski definition) is 1. The lowest BCUT2D eigenvalue weighted by Crippen LogP contribution is -2.41. The number of rotatable bonds is 3. The second kappa shape index (κ2) is 6.20. The third kappa shape index (κ3) is 3.56. The zero-order valence-corrected chi connectivity index (χ0v) is 13.7. The van der Waals surface area contributed by atoms with Crippen LogP contribution in [-0.4, -0.2) is 50.5 Å². The first-order valence-corrected chi connectivity index (χ1v) is 9.88. The summed E-state index contributed by atoms with van der Waals surface area (Å²) in [5, 5.41) is 5.96. The molecule has 2 aliphatic heterocycles. The predicted molar refractivity (Wildman–Crippen MR) is 84.1 cm³/mol. The van der Waals surface area contributed by atoms with E-state index in [9.17, 15) is 8.42 Å². The number of likely N-dealkylation sites (tertiary alicyclic amines) is 1. The van der Waals surface area contributed by atoms with Crippen molar-refractivity contribution >= 4 is 26.5 Å². The Kier molecular flexibility index (Phi) is 4.49. The van der Waals surface area contributed by atoms with Gasteiger partial charge in [-0.3, -0.25) is 4.90 Å². The highest BCUT2D eigenvalue weighted by Crippen LogP contribution is 2.29. The number of sulfonamides is 1. The van der Waals surface area contributed by atoms with Gasteiger partial charge in [0.2, 0.25) is 10.0 Å². The molecule has 1 aromatic rings. The number of nitrogens with zero attached hydrogens (tertiary/aromatic N) is 3. The van der Waals surface area contributed by atoms with Crippen LogP contribution in [0, 0.1) is 0 Å². The van der Waals surface area contributed by atoms with Gasteiger partial charge in [-0.15, -0.1) is 0 Å². The summed E-state index contributed by atoms with van der Waals surface area (Å²) in [6.45, 7) is 4.27. The van der Waals surface area contributed by atoms with Gasteiger partial charge < -0.3 is 4.90 Å². The molecule has 21 heavy (non-hydrogen) atoms. The maximum absolute atomic E-state index is 11.4. The zero-order chi connectivity index (χ0) is 14.9. The number of anilines is 1. The molecule has 118 valence electrons. The number of aromatic nitrogens is 1. The number of thiazole rings is 1. The third-order valence-electron chi connectivity index (χ3n) is 4.33. The minimum Gasteiger partial charge on any atom is -0.346 e. The lowest BCUT2D eigenvalue weighted by molar-refractivity contribution is 0.236. The van der Waals surface area contributed by atoms with Gasteiger partial charge in [-0.2, -0.15) is 0 Å². The van der Waals surface area contributed by atoms with Gasteiger partial charge in [0.25, 0.3) is 0 Å². The fraction of sp³-hybridized carbons (Fsp3) is 0.769. The zero-order valence-electron chi connectivity index (χ0n) is 12.1. The normalized spacial score (nSPS) is 25.2. The molecule has 0 spiro atoms. The maximum atomic E-state index is 11.4. The van der Waals surface area contributed by atoms with E-state index in [4.69, 9.17) is 5.14 Å². The van der Waals surface area contributed by atoms with E-state index in [1.165, 1.54) is 56.3 Å². The molecule has 3 rings (SSSR count). The lowest BCUT2D eigenvalue weighted by atomic mass is 10.1. The Morgan fingerprint density at radius 1 is 1.19 bits per heavy atom. The summed E-state index contributed by atoms with van der Waals surface area (Å²) in [7, 11) is -3.64. The van der Waals surface area contributed by atoms with Crippen molar-refractivity contribution in [2.75, 3.05) is 31.1 Å². The first kappa shape index (κ1) is 15.2. The molecule has 0 aliphatic carbocycles. The van der Waals surface area contributed by atoms with Crippen LogP contribution in [0.2, 0.25) is 0 Å². The van der Waals surface area contributed by atoms with Crippen LogP contribution < -0.4 is 10.0 Å². The van der Waals surface area contributed by atoms with Gasteiger partial charge in [0.15, 0.2) is 9.34 Å². The average molecular weight is 330 g/mol. The Balaban J connectivity index is 1.75. The van der Waals surface area contributed by atoms with Crippen LogP contribution >= 0.6 is 11.3 Å². The van der Waals surface area contributed by atoms with Crippen LogP contribution in [0.4, 0.5) is 5.13 Å². The van der Waals surface area contributed by atoms with Gasteiger partial charge in [0.05, 0.1) is 6.20 Å². The molecule has 2 fully saturated rings. The molecule has 1 atom stereocenters. The molecule has 0 aromatic carbocycles. The summed E-state index contributed by atoms with van der Waals surface area (Å²) >= 11 is 1.18. The highest BCUT2D eigenvalue weighted by Gasteiger charge is 2.27. The van der Waals surface area contributed by atoms with Crippen molar-refractivity contribution in [2.24, 2.45) is 5.14 Å². The summed E-state index contributed by atoms with van der Waals surface area (Å²) in [6, 6.07) is 0.567. The van der Waals surface area contributed by atoms with Crippen LogP contribution in [0.3, 0.4) is 0 Å². The maximum Gasteiger partial charge on any atom is 0.249 e. The van der Waals surface area contributed by atoms with E-state index in [0.717, 1.165) is 24.6 Å². The van der Waals surface area contributed by atoms with Crippen LogP contribution in [0.15, 0.2) is 10.4 Å². The molecule has 3 heterocycles. The Hall–Kier alpha value is -0.700. The molecule has 0 amide bonds. The van der Waals surface area contributed by atoms with Crippen LogP contribution in [0.5, 0.6) is 0 Å². The van der Waals surface area contributed by atoms with Gasteiger partial charge >= 0.3 is 0 Å². The Bertz CT molecular complexity index is 581. The first-order valence-electron chi connectivity index (χ1n) is 7.52. The van der Waals surface area contributed by atoms with E-state index < -0.39 is 10.0 Å². The van der Waals surface area contributed by atoms with E-state index in [2.05, 4.69) is 14.8 Å². The third-order valence-corrected chi connectivity index (χ3v) is 6.79. The van der Waals surface area contributed by atoms with Crippen molar-refractivity contribution in [2.45, 2.75) is 42.4 Å². The fourth-order valence-corrected chi connectivity index (χ4v) is 4.80. The number of primary sulfonamides is 1. The van der Waals surface area contributed by atoms with Gasteiger partial charge in [-0.25, -0.2) is 18.5 Å². The second-order valence-corrected chi connectivity index (χ2v) is 8.64. The molecular formula is C13H22N4O2S2. The molecule has 1 aromatic heterocycles. The highest BCUT2D eigenvalue weighted by atomic mass is 32.2. The fourth-order valence-electron chi connectivity index (χ4n) is 3.23. The molecular weight excluding hydrogens is 308 g/mol. The molecule has 8 heteroatoms. The van der Waals surface area contributed by atoms with Crippen LogP contribution in [0.1, 0.15) is 32.1 Å². The Morgan fingerprint density at radius 3 is 2.57 bits per heavy atom. The van der Waals surface area contributed by atoms with Crippen molar-refractivity contribution in [1.29, 1.82) is 0 Å². The van der Waals surface area contributed by atoms with Crippen LogP contribution in [0.25, 0.3) is 0 Å². The smallest absolute Gasteiger partial charge is 0.249 e. The summed E-state index contributed by atoms with van der Waals surface area (Å²) in [5.74, 6) is 0. The molecule has 2 saturated heterocycles. The summed E-state index contributed by atoms with van der Waals surface area (Å²) in [6.07, 6.45) is 7.56. The van der Waals surface area contributed by atoms with E-state index in [-0.39, 0.29) is 4.21 Å². The molecule has 0 radical (unpaired) electrons. The molecule has 0 bridgehead atoms. The van der Waals surface area contributed by atoms with Gasteiger partial charge in [0, 0.05) is 19.1 Å². The van der Waals surface area contributed by atoms with E-state index >= 15 is 0 Å². The number of nitrogens with two attached hydrogens (primary N) is 1. The largest absolute Gasteiger partial charge is 0.346 e. The lowest BCUT2D eigenvalue weighted by Gasteiger charge is -2.30. The minimum absolute atomic E-state index is 0.152. The van der Waals surface area contributed by atoms with Crippen molar-refractivity contribution in [1.82, 2.24) is 9.88 Å². The molecule has 0 saturated carbocycles. The standard InChI is InChI=1S/C13H22N4O2S2/c14-21(18,19)12-9-15-13(20-12)17-8-2-1-5-11(10-17)16-6-3-4-7-16/h9,11H,1-8,10H2,(H2,14,18,19). The minimum atomic E-state index is -3.64. The van der Waals surface area contributed by atoms with Crippen LogP contribution in [-0.2, 0) is 10.0 Å². The predicted octanol–water partition coefficient (Wildman–Crippen LogP) is 1.25.